The molecule has 1 aliphatic rings. The molecule has 0 aliphatic carbocycles. The molecule has 3 atom stereocenters. The summed E-state index contributed by atoms with van der Waals surface area (Å²) in [4.78, 5) is 0. The highest BCUT2D eigenvalue weighted by molar-refractivity contribution is 5.21. The molecule has 0 radical (unpaired) electrons. The lowest BCUT2D eigenvalue weighted by Crippen LogP contribution is -2.33. The molecule has 3 rings (SSSR count). The van der Waals surface area contributed by atoms with Gasteiger partial charge in [-0.05, 0) is 25.8 Å². The van der Waals surface area contributed by atoms with Crippen LogP contribution in [0.2, 0.25) is 0 Å². The number of hydrogen-bond acceptors (Lipinski definition) is 3. The number of ether oxygens (including phenoxy) is 1. The first kappa shape index (κ1) is 16.1. The molecule has 0 saturated carbocycles. The predicted molar refractivity (Wildman–Crippen MR) is 82.8 cm³/mol. The normalized spacial score (nSPS) is 22.9. The van der Waals surface area contributed by atoms with E-state index < -0.39 is 11.6 Å². The molecular weight excluding hydrogens is 300 g/mol. The molecular formula is C17H21F2N3O. The summed E-state index contributed by atoms with van der Waals surface area (Å²) in [7, 11) is 0. The van der Waals surface area contributed by atoms with E-state index in [1.165, 1.54) is 12.1 Å². The van der Waals surface area contributed by atoms with Crippen LogP contribution in [0.3, 0.4) is 0 Å². The van der Waals surface area contributed by atoms with Gasteiger partial charge in [0.05, 0.1) is 12.3 Å². The van der Waals surface area contributed by atoms with Crippen molar-refractivity contribution in [2.45, 2.75) is 31.9 Å². The highest BCUT2D eigenvalue weighted by atomic mass is 19.1. The maximum atomic E-state index is 13.8. The Balaban J connectivity index is 1.64. The van der Waals surface area contributed by atoms with E-state index in [-0.39, 0.29) is 12.1 Å². The maximum Gasteiger partial charge on any atom is 0.130 e. The Morgan fingerprint density at radius 2 is 2.30 bits per heavy atom. The number of rotatable bonds is 5. The Labute approximate surface area is 134 Å². The second-order valence-corrected chi connectivity index (χ2v) is 6.02. The van der Waals surface area contributed by atoms with E-state index in [1.54, 1.807) is 6.20 Å². The average molecular weight is 321 g/mol. The van der Waals surface area contributed by atoms with Crippen LogP contribution in [0.1, 0.15) is 43.0 Å². The van der Waals surface area contributed by atoms with Crippen molar-refractivity contribution >= 4 is 0 Å². The largest absolute Gasteiger partial charge is 0.373 e. The number of nitrogens with zero attached hydrogens (tertiary/aromatic N) is 1. The topological polar surface area (TPSA) is 49.9 Å². The minimum Gasteiger partial charge on any atom is -0.373 e. The minimum atomic E-state index is -0.556. The fourth-order valence-electron chi connectivity index (χ4n) is 3.13. The predicted octanol–water partition coefficient (Wildman–Crippen LogP) is 3.51. The van der Waals surface area contributed by atoms with Crippen molar-refractivity contribution in [3.05, 3.63) is 53.4 Å². The monoisotopic (exact) mass is 321 g/mol. The van der Waals surface area contributed by atoms with Crippen LogP contribution in [-0.2, 0) is 4.74 Å². The van der Waals surface area contributed by atoms with Gasteiger partial charge in [0.1, 0.15) is 11.6 Å². The quantitative estimate of drug-likeness (QED) is 0.886. The Hall–Kier alpha value is -1.79. The molecule has 23 heavy (non-hydrogen) atoms. The molecule has 4 nitrogen and oxygen atoms in total. The Bertz CT molecular complexity index is 633. The van der Waals surface area contributed by atoms with Gasteiger partial charge in [0.25, 0.3) is 0 Å². The summed E-state index contributed by atoms with van der Waals surface area (Å²) in [5.41, 5.74) is 1.51. The van der Waals surface area contributed by atoms with Crippen molar-refractivity contribution in [2.75, 3.05) is 13.2 Å². The van der Waals surface area contributed by atoms with Crippen LogP contribution in [0.15, 0.2) is 30.6 Å². The maximum absolute atomic E-state index is 13.8. The lowest BCUT2D eigenvalue weighted by atomic mass is 9.90. The van der Waals surface area contributed by atoms with Crippen molar-refractivity contribution in [1.29, 1.82) is 0 Å². The Morgan fingerprint density at radius 3 is 3.04 bits per heavy atom. The van der Waals surface area contributed by atoms with Crippen molar-refractivity contribution in [2.24, 2.45) is 5.92 Å². The van der Waals surface area contributed by atoms with Crippen molar-refractivity contribution < 1.29 is 13.5 Å². The Morgan fingerprint density at radius 1 is 1.43 bits per heavy atom. The second-order valence-electron chi connectivity index (χ2n) is 6.02. The number of hydrogen-bond donors (Lipinski definition) is 2. The fraction of sp³-hybridized carbons (Fsp3) is 0.471. The van der Waals surface area contributed by atoms with E-state index in [0.717, 1.165) is 31.1 Å². The highest BCUT2D eigenvalue weighted by Gasteiger charge is 2.28. The number of aromatic amines is 1. The zero-order chi connectivity index (χ0) is 16.2. The standard InChI is InChI=1S/C17H21F2N3O/c1-11(15-5-4-14(18)7-16(15)19)20-8-12-3-2-6-23-17(12)13-9-21-22-10-13/h4-5,7,9-12,17,20H,2-3,6,8H2,1H3,(H,21,22)/t11?,12-,17+/m0/s1. The SMILES string of the molecule is CC(NC[C@@H]1CCCO[C@H]1c1cn[nH]c1)c1ccc(F)cc1F. The van der Waals surface area contributed by atoms with Crippen LogP contribution < -0.4 is 5.32 Å². The summed E-state index contributed by atoms with van der Waals surface area (Å²) < 4.78 is 32.7. The zero-order valence-corrected chi connectivity index (χ0v) is 13.1. The van der Waals surface area contributed by atoms with Gasteiger partial charge >= 0.3 is 0 Å². The molecule has 0 spiro atoms. The molecule has 2 heterocycles. The third kappa shape index (κ3) is 3.76. The number of H-pyrrole nitrogens is 1. The van der Waals surface area contributed by atoms with Crippen LogP contribution in [-0.4, -0.2) is 23.3 Å². The van der Waals surface area contributed by atoms with Crippen molar-refractivity contribution in [3.63, 3.8) is 0 Å². The van der Waals surface area contributed by atoms with E-state index in [9.17, 15) is 8.78 Å². The van der Waals surface area contributed by atoms with Gasteiger partial charge in [0.15, 0.2) is 0 Å². The summed E-state index contributed by atoms with van der Waals surface area (Å²) in [5, 5.41) is 10.1. The van der Waals surface area contributed by atoms with Crippen molar-refractivity contribution in [3.8, 4) is 0 Å². The van der Waals surface area contributed by atoms with Crippen LogP contribution in [0, 0.1) is 17.6 Å². The van der Waals surface area contributed by atoms with Gasteiger partial charge in [-0.3, -0.25) is 5.10 Å². The first-order valence-electron chi connectivity index (χ1n) is 7.93. The molecule has 6 heteroatoms. The van der Waals surface area contributed by atoms with Gasteiger partial charge in [-0.1, -0.05) is 6.07 Å². The molecule has 1 fully saturated rings. The summed E-state index contributed by atoms with van der Waals surface area (Å²) in [6.45, 7) is 3.33. The van der Waals surface area contributed by atoms with Gasteiger partial charge in [-0.15, -0.1) is 0 Å². The first-order chi connectivity index (χ1) is 11.1. The van der Waals surface area contributed by atoms with Crippen LogP contribution >= 0.6 is 0 Å². The van der Waals surface area contributed by atoms with Crippen molar-refractivity contribution in [1.82, 2.24) is 15.5 Å². The minimum absolute atomic E-state index is 0.000245. The van der Waals surface area contributed by atoms with E-state index >= 15 is 0 Å². The number of nitrogens with one attached hydrogen (secondary N) is 2. The molecule has 0 bridgehead atoms. The molecule has 0 amide bonds. The third-order valence-corrected chi connectivity index (χ3v) is 4.41. The molecule has 1 aromatic carbocycles. The van der Waals surface area contributed by atoms with Gasteiger partial charge in [0, 0.05) is 48.5 Å². The smallest absolute Gasteiger partial charge is 0.130 e. The summed E-state index contributed by atoms with van der Waals surface area (Å²) in [6, 6.07) is 3.51. The van der Waals surface area contributed by atoms with Crippen LogP contribution in [0.4, 0.5) is 8.78 Å². The highest BCUT2D eigenvalue weighted by Crippen LogP contribution is 2.33. The van der Waals surface area contributed by atoms with Crippen LogP contribution in [0.5, 0.6) is 0 Å². The summed E-state index contributed by atoms with van der Waals surface area (Å²) >= 11 is 0. The van der Waals surface area contributed by atoms with E-state index in [2.05, 4.69) is 15.5 Å². The first-order valence-corrected chi connectivity index (χ1v) is 7.93. The van der Waals surface area contributed by atoms with E-state index in [1.807, 2.05) is 13.1 Å². The summed E-state index contributed by atoms with van der Waals surface area (Å²) in [6.07, 6.45) is 5.69. The molecule has 2 N–H and O–H groups in total. The average Bonchev–Trinajstić information content (AvgIpc) is 3.07. The summed E-state index contributed by atoms with van der Waals surface area (Å²) in [5.74, 6) is -0.775. The lowest BCUT2D eigenvalue weighted by molar-refractivity contribution is -0.0283. The number of aromatic nitrogens is 2. The van der Waals surface area contributed by atoms with Crippen LogP contribution in [0.25, 0.3) is 0 Å². The zero-order valence-electron chi connectivity index (χ0n) is 13.1. The number of halogens is 2. The van der Waals surface area contributed by atoms with Gasteiger partial charge < -0.3 is 10.1 Å². The van der Waals surface area contributed by atoms with Gasteiger partial charge in [-0.25, -0.2) is 8.78 Å². The molecule has 1 aromatic heterocycles. The van der Waals surface area contributed by atoms with E-state index in [0.29, 0.717) is 18.0 Å². The lowest BCUT2D eigenvalue weighted by Gasteiger charge is -2.32. The molecule has 124 valence electrons. The van der Waals surface area contributed by atoms with Gasteiger partial charge in [0.2, 0.25) is 0 Å². The molecule has 1 unspecified atom stereocenters. The van der Waals surface area contributed by atoms with Gasteiger partial charge in [-0.2, -0.15) is 5.10 Å². The number of benzene rings is 1. The fourth-order valence-corrected chi connectivity index (χ4v) is 3.13. The molecule has 1 saturated heterocycles. The second kappa shape index (κ2) is 7.19. The van der Waals surface area contributed by atoms with E-state index in [4.69, 9.17) is 4.74 Å². The molecule has 1 aliphatic heterocycles. The molecule has 2 aromatic rings. The third-order valence-electron chi connectivity index (χ3n) is 4.41. The Kier molecular flexibility index (Phi) is 5.03.